The van der Waals surface area contributed by atoms with Crippen LogP contribution in [0.25, 0.3) is 44.8 Å². The molecule has 2 amide bonds. The first-order valence-corrected chi connectivity index (χ1v) is 26.1. The Balaban J connectivity index is 0.00000138. The van der Waals surface area contributed by atoms with Crippen LogP contribution in [-0.2, 0) is 22.7 Å². The first-order chi connectivity index (χ1) is 36.0. The number of allylic oxidation sites excluding steroid dienone is 4. The molecule has 8 rings (SSSR count). The number of terminal acetylenes is 2. The molecule has 74 heavy (non-hydrogen) atoms. The number of aromatic nitrogens is 5. The van der Waals surface area contributed by atoms with E-state index in [1.54, 1.807) is 12.3 Å². The molecule has 2 fully saturated rings. The van der Waals surface area contributed by atoms with Gasteiger partial charge in [-0.15, -0.1) is 25.7 Å². The van der Waals surface area contributed by atoms with Gasteiger partial charge >= 0.3 is 0 Å². The van der Waals surface area contributed by atoms with Gasteiger partial charge in [0.25, 0.3) is 0 Å². The highest BCUT2D eigenvalue weighted by molar-refractivity contribution is 5.90. The molecule has 3 aromatic carbocycles. The lowest BCUT2D eigenvalue weighted by atomic mass is 10.0. The maximum absolute atomic E-state index is 14.6. The van der Waals surface area contributed by atoms with Gasteiger partial charge in [-0.25, -0.2) is 15.0 Å². The van der Waals surface area contributed by atoms with Crippen LogP contribution in [0.2, 0.25) is 0 Å². The van der Waals surface area contributed by atoms with Crippen LogP contribution in [0.15, 0.2) is 114 Å². The topological polar surface area (TPSA) is 137 Å². The van der Waals surface area contributed by atoms with Crippen LogP contribution >= 0.6 is 0 Å². The number of para-hydroxylation sites is 1. The Labute approximate surface area is 440 Å². The number of piperazine rings is 1. The minimum absolute atomic E-state index is 0.0755. The molecule has 14 nitrogen and oxygen atoms in total. The molecule has 2 atom stereocenters. The smallest absolute Gasteiger partial charge is 0.244 e. The summed E-state index contributed by atoms with van der Waals surface area (Å²) < 4.78 is 6.48. The molecule has 392 valence electrons. The molecular formula is C60H79N11O3. The summed E-state index contributed by atoms with van der Waals surface area (Å²) in [6.07, 6.45) is 29.3. The van der Waals surface area contributed by atoms with Crippen LogP contribution in [0.1, 0.15) is 83.6 Å². The maximum Gasteiger partial charge on any atom is 0.244 e. The van der Waals surface area contributed by atoms with Crippen molar-refractivity contribution in [3.05, 3.63) is 127 Å². The van der Waals surface area contributed by atoms with E-state index in [2.05, 4.69) is 116 Å². The molecule has 2 aliphatic heterocycles. The third kappa shape index (κ3) is 15.0. The van der Waals surface area contributed by atoms with Crippen LogP contribution in [0, 0.1) is 25.7 Å². The zero-order valence-corrected chi connectivity index (χ0v) is 45.0. The highest BCUT2D eigenvalue weighted by atomic mass is 16.4. The zero-order valence-electron chi connectivity index (χ0n) is 45.0. The summed E-state index contributed by atoms with van der Waals surface area (Å²) in [4.78, 5) is 64.1. The van der Waals surface area contributed by atoms with Gasteiger partial charge in [0.15, 0.2) is 5.76 Å². The number of fused-ring (bicyclic) bond motifs is 2. The average Bonchev–Trinajstić information content (AvgIpc) is 4.15. The van der Waals surface area contributed by atoms with Crippen LogP contribution in [0.5, 0.6) is 0 Å². The predicted molar refractivity (Wildman–Crippen MR) is 303 cm³/mol. The Morgan fingerprint density at radius 2 is 1.36 bits per heavy atom. The predicted octanol–water partition coefficient (Wildman–Crippen LogP) is 9.84. The summed E-state index contributed by atoms with van der Waals surface area (Å²) in [7, 11) is 4.28. The SMILES string of the molecule is C#C.C#C.C=C/C=C\C=C(/C)C(C(=O)N(CCC)Cc1nc2c(-c3ncc(-c4ccc5nc(CN(CCC)C(=O)C(c6ccccc6)N6CCCN(C)CC6)[nH]c5c4)o3)cccc2[nH]1)N1CCN(C)CC1.CCC. The number of benzene rings is 3. The molecule has 2 unspecified atom stereocenters. The maximum atomic E-state index is 14.6. The number of carbonyl (C=O) groups excluding carboxylic acids is 2. The van der Waals surface area contributed by atoms with E-state index in [4.69, 9.17) is 19.4 Å². The van der Waals surface area contributed by atoms with E-state index in [-0.39, 0.29) is 23.9 Å². The lowest BCUT2D eigenvalue weighted by Crippen LogP contribution is -2.55. The first-order valence-electron chi connectivity index (χ1n) is 26.1. The molecule has 0 spiro atoms. The number of aromatic amines is 2. The fourth-order valence-electron chi connectivity index (χ4n) is 9.50. The van der Waals surface area contributed by atoms with E-state index < -0.39 is 0 Å². The fraction of sp³-hybridized carbons (Fsp3) is 0.417. The van der Waals surface area contributed by atoms with E-state index >= 15 is 0 Å². The second kappa shape index (κ2) is 29.6. The lowest BCUT2D eigenvalue weighted by molar-refractivity contribution is -0.138. The first kappa shape index (κ1) is 57.8. The number of amides is 2. The second-order valence-corrected chi connectivity index (χ2v) is 18.8. The summed E-state index contributed by atoms with van der Waals surface area (Å²) in [5, 5.41) is 0. The summed E-state index contributed by atoms with van der Waals surface area (Å²) in [5.74, 6) is 2.67. The number of rotatable bonds is 18. The largest absolute Gasteiger partial charge is 0.436 e. The van der Waals surface area contributed by atoms with Crippen LogP contribution in [0.4, 0.5) is 0 Å². The quantitative estimate of drug-likeness (QED) is 0.0633. The van der Waals surface area contributed by atoms with E-state index in [0.717, 1.165) is 122 Å². The van der Waals surface area contributed by atoms with Gasteiger partial charge in [-0.1, -0.05) is 101 Å². The molecule has 0 saturated carbocycles. The molecule has 0 radical (unpaired) electrons. The third-order valence-electron chi connectivity index (χ3n) is 13.0. The molecule has 2 aliphatic rings. The molecule has 5 heterocycles. The molecule has 2 N–H and O–H groups in total. The summed E-state index contributed by atoms with van der Waals surface area (Å²) in [5.41, 5.74) is 6.87. The van der Waals surface area contributed by atoms with Gasteiger partial charge in [-0.3, -0.25) is 19.4 Å². The van der Waals surface area contributed by atoms with Gasteiger partial charge in [0, 0.05) is 64.5 Å². The van der Waals surface area contributed by atoms with Crippen molar-refractivity contribution < 1.29 is 14.0 Å². The monoisotopic (exact) mass is 1000 g/mol. The minimum atomic E-state index is -0.373. The van der Waals surface area contributed by atoms with Gasteiger partial charge < -0.3 is 34.0 Å². The van der Waals surface area contributed by atoms with E-state index in [1.165, 1.54) is 6.42 Å². The van der Waals surface area contributed by atoms with Crippen molar-refractivity contribution >= 4 is 33.9 Å². The van der Waals surface area contributed by atoms with Gasteiger partial charge in [0.2, 0.25) is 17.7 Å². The van der Waals surface area contributed by atoms with Crippen LogP contribution in [0.3, 0.4) is 0 Å². The summed E-state index contributed by atoms with van der Waals surface area (Å²) in [6.45, 7) is 23.4. The number of hydrogen-bond acceptors (Lipinski definition) is 10. The molecule has 3 aromatic heterocycles. The van der Waals surface area contributed by atoms with E-state index in [1.807, 2.05) is 89.5 Å². The Morgan fingerprint density at radius 1 is 0.743 bits per heavy atom. The number of imidazole rings is 2. The van der Waals surface area contributed by atoms with E-state index in [0.29, 0.717) is 43.7 Å². The van der Waals surface area contributed by atoms with Crippen molar-refractivity contribution in [2.45, 2.75) is 85.5 Å². The average molecular weight is 1000 g/mol. The number of hydrogen-bond donors (Lipinski definition) is 2. The van der Waals surface area contributed by atoms with Crippen molar-refractivity contribution in [2.24, 2.45) is 0 Å². The molecular weight excluding hydrogens is 923 g/mol. The van der Waals surface area contributed by atoms with Gasteiger partial charge in [0.1, 0.15) is 29.2 Å². The number of oxazole rings is 1. The third-order valence-corrected chi connectivity index (χ3v) is 13.0. The Morgan fingerprint density at radius 3 is 2.03 bits per heavy atom. The minimum Gasteiger partial charge on any atom is -0.436 e. The van der Waals surface area contributed by atoms with Crippen molar-refractivity contribution in [1.29, 1.82) is 0 Å². The number of nitrogens with one attached hydrogen (secondary N) is 2. The molecule has 2 saturated heterocycles. The van der Waals surface area contributed by atoms with Crippen LogP contribution < -0.4 is 0 Å². The number of nitrogens with zero attached hydrogens (tertiary/aromatic N) is 9. The van der Waals surface area contributed by atoms with Gasteiger partial charge in [0.05, 0.1) is 41.4 Å². The van der Waals surface area contributed by atoms with Crippen molar-refractivity contribution in [3.8, 4) is 48.5 Å². The second-order valence-electron chi connectivity index (χ2n) is 18.8. The molecule has 0 bridgehead atoms. The molecule has 6 aromatic rings. The zero-order chi connectivity index (χ0) is 53.6. The van der Waals surface area contributed by atoms with Crippen molar-refractivity contribution in [2.75, 3.05) is 79.5 Å². The van der Waals surface area contributed by atoms with Crippen molar-refractivity contribution in [1.82, 2.24) is 54.3 Å². The number of H-pyrrole nitrogens is 2. The normalized spacial score (nSPS) is 15.7. The standard InChI is InChI=1S/C53H67N11O3.C3H8.2C2H2/c1-7-10-12-17-38(4)49(62-32-29-60(6)30-33-62)52(65)63(24-8-2)37-47-56-43-21-15-20-41(48(43)58-47)51-54-35-45(67-51)40-22-23-42-44(34-40)57-46(55-42)36-64(25-9-3)53(66)50(39-18-13-11-14-19-39)61-27-16-26-59(5)28-31-61;1-3-2;2*1-2/h7,10-15,17-23,34-35,49-50H,1,8-9,16,24-33,36-37H2,2-6H3,(H,55,57)(H,56,58);3H2,1-2H3;2*1-2H/b12-10-,38-17+;;;. The number of carbonyl (C=O) groups is 2. The highest BCUT2D eigenvalue weighted by Crippen LogP contribution is 2.32. The summed E-state index contributed by atoms with van der Waals surface area (Å²) in [6, 6.07) is 21.4. The highest BCUT2D eigenvalue weighted by Gasteiger charge is 2.34. The van der Waals surface area contributed by atoms with Crippen molar-refractivity contribution in [3.63, 3.8) is 0 Å². The molecule has 0 aliphatic carbocycles. The Bertz CT molecular complexity index is 2790. The van der Waals surface area contributed by atoms with Gasteiger partial charge in [-0.05, 0) is 88.3 Å². The van der Waals surface area contributed by atoms with Crippen LogP contribution in [-0.4, -0.2) is 152 Å². The Kier molecular flexibility index (Phi) is 23.1. The fourth-order valence-corrected chi connectivity index (χ4v) is 9.50. The molecule has 14 heteroatoms. The number of likely N-dealkylation sites (N-methyl/N-ethyl adjacent to an activating group) is 2. The summed E-state index contributed by atoms with van der Waals surface area (Å²) >= 11 is 0. The lowest BCUT2D eigenvalue weighted by Gasteiger charge is -2.39. The van der Waals surface area contributed by atoms with Gasteiger partial charge in [-0.2, -0.15) is 0 Å². The van der Waals surface area contributed by atoms with E-state index in [9.17, 15) is 9.59 Å². The Hall–Kier alpha value is -7.07.